The molecule has 0 saturated carbocycles. The van der Waals surface area contributed by atoms with Crippen LogP contribution in [0.25, 0.3) is 0 Å². The highest BCUT2D eigenvalue weighted by Gasteiger charge is 2.02. The summed E-state index contributed by atoms with van der Waals surface area (Å²) in [6, 6.07) is 0. The summed E-state index contributed by atoms with van der Waals surface area (Å²) in [6.45, 7) is 5.68. The van der Waals surface area contributed by atoms with Crippen LogP contribution in [-0.2, 0) is 4.79 Å². The molecule has 0 aromatic heterocycles. The number of amides is 1. The van der Waals surface area contributed by atoms with Gasteiger partial charge in [0.25, 0.3) is 0 Å². The fourth-order valence-corrected chi connectivity index (χ4v) is 0.763. The Morgan fingerprint density at radius 1 is 1.75 bits per heavy atom. The van der Waals surface area contributed by atoms with Gasteiger partial charge in [0.1, 0.15) is 0 Å². The van der Waals surface area contributed by atoms with E-state index in [4.69, 9.17) is 5.11 Å². The molecule has 0 radical (unpaired) electrons. The van der Waals surface area contributed by atoms with Crippen LogP contribution in [0.15, 0.2) is 11.1 Å². The Kier molecular flexibility index (Phi) is 6.02. The van der Waals surface area contributed by atoms with Crippen molar-refractivity contribution < 1.29 is 9.90 Å². The number of carbonyl (C=O) groups is 1. The van der Waals surface area contributed by atoms with Crippen molar-refractivity contribution in [1.29, 1.82) is 0 Å². The number of aliphatic hydroxyl groups is 1. The largest absolute Gasteiger partial charge is 0.393 e. The van der Waals surface area contributed by atoms with E-state index in [0.717, 1.165) is 4.48 Å². The van der Waals surface area contributed by atoms with E-state index >= 15 is 0 Å². The van der Waals surface area contributed by atoms with E-state index in [0.29, 0.717) is 19.4 Å². The highest BCUT2D eigenvalue weighted by atomic mass is 79.9. The van der Waals surface area contributed by atoms with E-state index < -0.39 is 6.10 Å². The second kappa shape index (κ2) is 6.20. The fraction of sp³-hybridized carbons (Fsp3) is 0.625. The van der Waals surface area contributed by atoms with Crippen molar-refractivity contribution >= 4 is 21.8 Å². The van der Waals surface area contributed by atoms with Crippen LogP contribution in [0.2, 0.25) is 0 Å². The zero-order chi connectivity index (χ0) is 9.56. The number of hydrogen-bond acceptors (Lipinski definition) is 2. The van der Waals surface area contributed by atoms with Gasteiger partial charge in [-0.3, -0.25) is 4.79 Å². The molecule has 1 amide bonds. The average molecular weight is 236 g/mol. The lowest BCUT2D eigenvalue weighted by Gasteiger charge is -2.04. The van der Waals surface area contributed by atoms with Crippen LogP contribution < -0.4 is 5.32 Å². The molecule has 1 atom stereocenters. The van der Waals surface area contributed by atoms with Crippen molar-refractivity contribution in [3.63, 3.8) is 0 Å². The first kappa shape index (κ1) is 11.6. The topological polar surface area (TPSA) is 49.3 Å². The Bertz CT molecular complexity index is 168. The monoisotopic (exact) mass is 235 g/mol. The van der Waals surface area contributed by atoms with Crippen molar-refractivity contribution in [3.05, 3.63) is 11.1 Å². The van der Waals surface area contributed by atoms with E-state index in [9.17, 15) is 4.79 Å². The van der Waals surface area contributed by atoms with Gasteiger partial charge < -0.3 is 10.4 Å². The Hall–Kier alpha value is -0.350. The average Bonchev–Trinajstić information content (AvgIpc) is 1.96. The molecule has 0 aromatic carbocycles. The molecule has 1 unspecified atom stereocenters. The third-order valence-electron chi connectivity index (χ3n) is 1.27. The lowest BCUT2D eigenvalue weighted by molar-refractivity contribution is -0.121. The van der Waals surface area contributed by atoms with Crippen molar-refractivity contribution in [2.24, 2.45) is 0 Å². The maximum atomic E-state index is 11.0. The van der Waals surface area contributed by atoms with Crippen molar-refractivity contribution in [3.8, 4) is 0 Å². The van der Waals surface area contributed by atoms with E-state index in [1.54, 1.807) is 6.92 Å². The maximum Gasteiger partial charge on any atom is 0.220 e. The summed E-state index contributed by atoms with van der Waals surface area (Å²) in [4.78, 5) is 11.0. The van der Waals surface area contributed by atoms with E-state index in [1.807, 2.05) is 0 Å². The first-order valence-corrected chi connectivity index (χ1v) is 4.59. The summed E-state index contributed by atoms with van der Waals surface area (Å²) in [7, 11) is 0. The van der Waals surface area contributed by atoms with Gasteiger partial charge in [0.2, 0.25) is 5.91 Å². The summed E-state index contributed by atoms with van der Waals surface area (Å²) in [5.41, 5.74) is 0. The standard InChI is InChI=1S/C8H14BrNO2/c1-6(9)5-10-8(12)4-3-7(2)11/h7,11H,1,3-5H2,2H3,(H,10,12). The zero-order valence-electron chi connectivity index (χ0n) is 7.14. The predicted molar refractivity (Wildman–Crippen MR) is 52.0 cm³/mol. The Morgan fingerprint density at radius 3 is 2.75 bits per heavy atom. The van der Waals surface area contributed by atoms with E-state index in [-0.39, 0.29) is 5.91 Å². The van der Waals surface area contributed by atoms with Crippen LogP contribution in [-0.4, -0.2) is 23.7 Å². The molecule has 3 nitrogen and oxygen atoms in total. The van der Waals surface area contributed by atoms with Gasteiger partial charge in [-0.05, 0) is 13.3 Å². The molecule has 0 aromatic rings. The van der Waals surface area contributed by atoms with Crippen LogP contribution >= 0.6 is 15.9 Å². The molecule has 0 aliphatic heterocycles. The number of aliphatic hydroxyl groups excluding tert-OH is 1. The Balaban J connectivity index is 3.40. The molecular formula is C8H14BrNO2. The van der Waals surface area contributed by atoms with Gasteiger partial charge in [-0.15, -0.1) is 0 Å². The van der Waals surface area contributed by atoms with E-state index in [1.165, 1.54) is 0 Å². The SMILES string of the molecule is C=C(Br)CNC(=O)CCC(C)O. The van der Waals surface area contributed by atoms with E-state index in [2.05, 4.69) is 27.8 Å². The van der Waals surface area contributed by atoms with Crippen LogP contribution in [0.4, 0.5) is 0 Å². The summed E-state index contributed by atoms with van der Waals surface area (Å²) < 4.78 is 0.743. The number of halogens is 1. The highest BCUT2D eigenvalue weighted by molar-refractivity contribution is 9.11. The van der Waals surface area contributed by atoms with Crippen LogP contribution in [0.1, 0.15) is 19.8 Å². The van der Waals surface area contributed by atoms with Crippen molar-refractivity contribution in [2.75, 3.05) is 6.54 Å². The Morgan fingerprint density at radius 2 is 2.33 bits per heavy atom. The van der Waals surface area contributed by atoms with Gasteiger partial charge in [-0.1, -0.05) is 22.5 Å². The van der Waals surface area contributed by atoms with Crippen LogP contribution in [0.3, 0.4) is 0 Å². The van der Waals surface area contributed by atoms with Gasteiger partial charge in [-0.2, -0.15) is 0 Å². The molecule has 0 heterocycles. The lowest BCUT2D eigenvalue weighted by Crippen LogP contribution is -2.24. The minimum atomic E-state index is -0.414. The smallest absolute Gasteiger partial charge is 0.220 e. The zero-order valence-corrected chi connectivity index (χ0v) is 8.73. The summed E-state index contributed by atoms with van der Waals surface area (Å²) in [6.07, 6.45) is 0.446. The second-order valence-corrected chi connectivity index (χ2v) is 3.80. The molecule has 12 heavy (non-hydrogen) atoms. The van der Waals surface area contributed by atoms with Crippen molar-refractivity contribution in [2.45, 2.75) is 25.9 Å². The predicted octanol–water partition coefficient (Wildman–Crippen LogP) is 1.17. The first-order valence-electron chi connectivity index (χ1n) is 3.80. The fourth-order valence-electron chi connectivity index (χ4n) is 0.623. The van der Waals surface area contributed by atoms with Gasteiger partial charge in [0, 0.05) is 17.4 Å². The molecular weight excluding hydrogens is 222 g/mol. The van der Waals surface area contributed by atoms with Gasteiger partial charge in [0.05, 0.1) is 6.10 Å². The molecule has 2 N–H and O–H groups in total. The molecule has 0 aliphatic carbocycles. The maximum absolute atomic E-state index is 11.0. The normalized spacial score (nSPS) is 12.2. The van der Waals surface area contributed by atoms with Crippen molar-refractivity contribution in [1.82, 2.24) is 5.32 Å². The minimum absolute atomic E-state index is 0.0588. The molecule has 0 saturated heterocycles. The lowest BCUT2D eigenvalue weighted by atomic mass is 10.2. The van der Waals surface area contributed by atoms with Crippen LogP contribution in [0.5, 0.6) is 0 Å². The molecule has 0 aliphatic rings. The van der Waals surface area contributed by atoms with Gasteiger partial charge in [0.15, 0.2) is 0 Å². The molecule has 0 spiro atoms. The third-order valence-corrected chi connectivity index (χ3v) is 1.55. The second-order valence-electron chi connectivity index (χ2n) is 2.68. The summed E-state index contributed by atoms with van der Waals surface area (Å²) >= 11 is 3.12. The van der Waals surface area contributed by atoms with Crippen LogP contribution in [0, 0.1) is 0 Å². The summed E-state index contributed by atoms with van der Waals surface area (Å²) in [5, 5.41) is 11.5. The number of hydrogen-bond donors (Lipinski definition) is 2. The molecule has 0 fully saturated rings. The van der Waals surface area contributed by atoms with Gasteiger partial charge >= 0.3 is 0 Å². The highest BCUT2D eigenvalue weighted by Crippen LogP contribution is 1.99. The van der Waals surface area contributed by atoms with Gasteiger partial charge in [-0.25, -0.2) is 0 Å². The number of nitrogens with one attached hydrogen (secondary N) is 1. The third kappa shape index (κ3) is 7.75. The summed E-state index contributed by atoms with van der Waals surface area (Å²) in [5.74, 6) is -0.0588. The Labute approximate surface area is 81.0 Å². The molecule has 4 heteroatoms. The number of rotatable bonds is 5. The minimum Gasteiger partial charge on any atom is -0.393 e. The number of carbonyl (C=O) groups excluding carboxylic acids is 1. The quantitative estimate of drug-likeness (QED) is 0.752. The molecule has 70 valence electrons. The molecule has 0 bridgehead atoms. The first-order chi connectivity index (χ1) is 5.52. The molecule has 0 rings (SSSR count).